The first-order valence-corrected chi connectivity index (χ1v) is 10.2. The molecule has 0 saturated carbocycles. The molecule has 1 saturated heterocycles. The van der Waals surface area contributed by atoms with Gasteiger partial charge in [-0.05, 0) is 59.1 Å². The Morgan fingerprint density at radius 3 is 2.86 bits per heavy atom. The third-order valence-corrected chi connectivity index (χ3v) is 6.13. The number of amides is 2. The summed E-state index contributed by atoms with van der Waals surface area (Å²) in [5.74, 6) is 1.68. The Hall–Kier alpha value is -3.21. The van der Waals surface area contributed by atoms with Gasteiger partial charge < -0.3 is 10.2 Å². The van der Waals surface area contributed by atoms with E-state index < -0.39 is 0 Å². The van der Waals surface area contributed by atoms with Crippen LogP contribution in [0.2, 0.25) is 0 Å². The Kier molecular flexibility index (Phi) is 4.51. The molecular formula is C24H23N3O2. The van der Waals surface area contributed by atoms with Gasteiger partial charge in [0.25, 0.3) is 0 Å². The number of aryl methyl sites for hydroxylation is 1. The van der Waals surface area contributed by atoms with E-state index in [2.05, 4.69) is 40.6 Å². The number of carbonyl (C=O) groups is 2. The number of hydrogen-bond donors (Lipinski definition) is 1. The van der Waals surface area contributed by atoms with Crippen molar-refractivity contribution in [1.82, 2.24) is 9.88 Å². The lowest BCUT2D eigenvalue weighted by Gasteiger charge is -2.16. The summed E-state index contributed by atoms with van der Waals surface area (Å²) in [6.45, 7) is 1.60. The van der Waals surface area contributed by atoms with Crippen molar-refractivity contribution in [3.8, 4) is 0 Å². The van der Waals surface area contributed by atoms with Gasteiger partial charge in [0.05, 0.1) is 0 Å². The zero-order valence-electron chi connectivity index (χ0n) is 16.2. The number of aromatic nitrogens is 1. The standard InChI is InChI=1S/C24H23N3O2/c28-22-8-7-18-10-16(13-25-24(18)26-22)6-9-23(29)27-14-20-11-19(12-21(20)15-27)17-4-2-1-3-5-17/h1-6,9-11,13,20-21H,7-8,12,14-15H2,(H,25,26,28)/t20-,21+/m0/s1. The highest BCUT2D eigenvalue weighted by Gasteiger charge is 2.37. The molecule has 146 valence electrons. The average molecular weight is 385 g/mol. The van der Waals surface area contributed by atoms with Gasteiger partial charge in [-0.2, -0.15) is 0 Å². The molecule has 2 amide bonds. The van der Waals surface area contributed by atoms with E-state index in [0.717, 1.165) is 30.6 Å². The minimum absolute atomic E-state index is 0.00697. The van der Waals surface area contributed by atoms with Crippen LogP contribution in [0.25, 0.3) is 11.6 Å². The Morgan fingerprint density at radius 1 is 1.17 bits per heavy atom. The molecule has 0 unspecified atom stereocenters. The van der Waals surface area contributed by atoms with Crippen LogP contribution >= 0.6 is 0 Å². The fraction of sp³-hybridized carbons (Fsp3) is 0.292. The fourth-order valence-corrected chi connectivity index (χ4v) is 4.60. The van der Waals surface area contributed by atoms with Crippen LogP contribution in [0.15, 0.2) is 54.7 Å². The third-order valence-electron chi connectivity index (χ3n) is 6.13. The zero-order chi connectivity index (χ0) is 19.8. The van der Waals surface area contributed by atoms with E-state index in [1.54, 1.807) is 12.3 Å². The maximum absolute atomic E-state index is 12.7. The molecule has 29 heavy (non-hydrogen) atoms. The van der Waals surface area contributed by atoms with Crippen LogP contribution in [0.3, 0.4) is 0 Å². The quantitative estimate of drug-likeness (QED) is 0.822. The molecule has 1 fully saturated rings. The van der Waals surface area contributed by atoms with Crippen molar-refractivity contribution >= 4 is 29.3 Å². The van der Waals surface area contributed by atoms with Crippen molar-refractivity contribution in [2.45, 2.75) is 19.3 Å². The molecule has 3 aliphatic rings. The van der Waals surface area contributed by atoms with E-state index in [-0.39, 0.29) is 11.8 Å². The molecule has 2 aliphatic heterocycles. The average Bonchev–Trinajstić information content (AvgIpc) is 3.32. The number of fused-ring (bicyclic) bond motifs is 2. The summed E-state index contributed by atoms with van der Waals surface area (Å²) in [5, 5.41) is 2.78. The number of nitrogens with one attached hydrogen (secondary N) is 1. The van der Waals surface area contributed by atoms with E-state index in [4.69, 9.17) is 0 Å². The maximum Gasteiger partial charge on any atom is 0.246 e. The van der Waals surface area contributed by atoms with Crippen LogP contribution in [0.5, 0.6) is 0 Å². The van der Waals surface area contributed by atoms with Gasteiger partial charge >= 0.3 is 0 Å². The molecule has 2 aromatic rings. The monoisotopic (exact) mass is 385 g/mol. The lowest BCUT2D eigenvalue weighted by atomic mass is 9.98. The second-order valence-electron chi connectivity index (χ2n) is 8.09. The molecule has 5 heteroatoms. The predicted octanol–water partition coefficient (Wildman–Crippen LogP) is 3.54. The molecule has 2 atom stereocenters. The molecule has 1 aliphatic carbocycles. The van der Waals surface area contributed by atoms with Crippen molar-refractivity contribution in [3.63, 3.8) is 0 Å². The Morgan fingerprint density at radius 2 is 2.03 bits per heavy atom. The predicted molar refractivity (Wildman–Crippen MR) is 113 cm³/mol. The third kappa shape index (κ3) is 3.60. The SMILES string of the molecule is O=C1CCc2cc(C=CC(=O)N3C[C@H]4CC(c5ccccc5)=C[C@H]4C3)cnc2N1. The van der Waals surface area contributed by atoms with E-state index in [1.165, 1.54) is 11.1 Å². The summed E-state index contributed by atoms with van der Waals surface area (Å²) in [4.78, 5) is 30.4. The van der Waals surface area contributed by atoms with E-state index >= 15 is 0 Å². The second-order valence-corrected chi connectivity index (χ2v) is 8.09. The van der Waals surface area contributed by atoms with Gasteiger partial charge in [-0.15, -0.1) is 0 Å². The summed E-state index contributed by atoms with van der Waals surface area (Å²) in [6, 6.07) is 12.5. The van der Waals surface area contributed by atoms with Crippen LogP contribution in [0, 0.1) is 11.8 Å². The molecule has 0 bridgehead atoms. The zero-order valence-corrected chi connectivity index (χ0v) is 16.2. The summed E-state index contributed by atoms with van der Waals surface area (Å²) < 4.78 is 0. The van der Waals surface area contributed by atoms with E-state index in [0.29, 0.717) is 30.5 Å². The molecule has 1 aromatic carbocycles. The van der Waals surface area contributed by atoms with Crippen molar-refractivity contribution in [3.05, 3.63) is 71.4 Å². The summed E-state index contributed by atoms with van der Waals surface area (Å²) in [5.41, 5.74) is 4.62. The highest BCUT2D eigenvalue weighted by atomic mass is 16.2. The molecule has 3 heterocycles. The van der Waals surface area contributed by atoms with Gasteiger partial charge in [0.15, 0.2) is 0 Å². The van der Waals surface area contributed by atoms with Gasteiger partial charge in [0.1, 0.15) is 5.82 Å². The number of allylic oxidation sites excluding steroid dienone is 1. The minimum Gasteiger partial charge on any atom is -0.338 e. The van der Waals surface area contributed by atoms with Crippen LogP contribution in [0.1, 0.15) is 29.5 Å². The number of pyridine rings is 1. The summed E-state index contributed by atoms with van der Waals surface area (Å²) in [7, 11) is 0. The van der Waals surface area contributed by atoms with Crippen LogP contribution < -0.4 is 5.32 Å². The molecule has 1 N–H and O–H groups in total. The number of rotatable bonds is 3. The Bertz CT molecular complexity index is 1030. The Labute approximate surface area is 170 Å². The molecular weight excluding hydrogens is 362 g/mol. The summed E-state index contributed by atoms with van der Waals surface area (Å²) >= 11 is 0. The van der Waals surface area contributed by atoms with Crippen molar-refractivity contribution in [2.24, 2.45) is 11.8 Å². The highest BCUT2D eigenvalue weighted by Crippen LogP contribution is 2.40. The number of benzene rings is 1. The summed E-state index contributed by atoms with van der Waals surface area (Å²) in [6.07, 6.45) is 9.74. The fourth-order valence-electron chi connectivity index (χ4n) is 4.60. The van der Waals surface area contributed by atoms with Crippen molar-refractivity contribution in [2.75, 3.05) is 18.4 Å². The van der Waals surface area contributed by atoms with Crippen LogP contribution in [-0.4, -0.2) is 34.8 Å². The van der Waals surface area contributed by atoms with Crippen LogP contribution in [0.4, 0.5) is 5.82 Å². The van der Waals surface area contributed by atoms with Crippen LogP contribution in [-0.2, 0) is 16.0 Å². The number of likely N-dealkylation sites (tertiary alicyclic amines) is 1. The highest BCUT2D eigenvalue weighted by molar-refractivity contribution is 5.94. The molecule has 5 nitrogen and oxygen atoms in total. The first-order chi connectivity index (χ1) is 14.2. The van der Waals surface area contributed by atoms with E-state index in [1.807, 2.05) is 23.1 Å². The number of nitrogens with zero attached hydrogens (tertiary/aromatic N) is 2. The smallest absolute Gasteiger partial charge is 0.246 e. The first kappa shape index (κ1) is 17.9. The van der Waals surface area contributed by atoms with Gasteiger partial charge in [-0.1, -0.05) is 36.4 Å². The first-order valence-electron chi connectivity index (χ1n) is 10.2. The lowest BCUT2D eigenvalue weighted by Crippen LogP contribution is -2.27. The molecule has 1 aromatic heterocycles. The van der Waals surface area contributed by atoms with Gasteiger partial charge in [-0.25, -0.2) is 4.98 Å². The topological polar surface area (TPSA) is 62.3 Å². The minimum atomic E-state index is 0.00697. The molecule has 0 radical (unpaired) electrons. The number of anilines is 1. The normalized spacial score (nSPS) is 23.0. The van der Waals surface area contributed by atoms with Crippen molar-refractivity contribution in [1.29, 1.82) is 0 Å². The number of carbonyl (C=O) groups excluding carboxylic acids is 2. The second kappa shape index (κ2) is 7.32. The molecule has 0 spiro atoms. The lowest BCUT2D eigenvalue weighted by molar-refractivity contribution is -0.125. The van der Waals surface area contributed by atoms with E-state index in [9.17, 15) is 9.59 Å². The van der Waals surface area contributed by atoms with Crippen molar-refractivity contribution < 1.29 is 9.59 Å². The largest absolute Gasteiger partial charge is 0.338 e. The van der Waals surface area contributed by atoms with Gasteiger partial charge in [0.2, 0.25) is 11.8 Å². The maximum atomic E-state index is 12.7. The Balaban J connectivity index is 1.23. The number of hydrogen-bond acceptors (Lipinski definition) is 3. The van der Waals surface area contributed by atoms with Gasteiger partial charge in [-0.3, -0.25) is 9.59 Å². The molecule has 5 rings (SSSR count). The van der Waals surface area contributed by atoms with Gasteiger partial charge in [0, 0.05) is 31.8 Å².